The largest absolute Gasteiger partial charge is 0.383 e. The number of pyridine rings is 1. The zero-order valence-corrected chi connectivity index (χ0v) is 11.3. The Balaban J connectivity index is 1.85. The van der Waals surface area contributed by atoms with Crippen LogP contribution in [-0.2, 0) is 0 Å². The molecular formula is C13H20ClN3. The molecule has 0 unspecified atom stereocenters. The number of piperidine rings is 1. The molecule has 4 heteroatoms. The maximum atomic E-state index is 5.84. The molecule has 0 saturated carbocycles. The maximum absolute atomic E-state index is 5.84. The van der Waals surface area contributed by atoms with Gasteiger partial charge in [-0.3, -0.25) is 0 Å². The molecule has 1 N–H and O–H groups in total. The van der Waals surface area contributed by atoms with E-state index in [0.717, 1.165) is 23.8 Å². The van der Waals surface area contributed by atoms with Crippen LogP contribution in [-0.4, -0.2) is 36.6 Å². The van der Waals surface area contributed by atoms with Gasteiger partial charge in [0.05, 0.1) is 11.4 Å². The van der Waals surface area contributed by atoms with Gasteiger partial charge in [0, 0.05) is 6.54 Å². The van der Waals surface area contributed by atoms with Crippen molar-refractivity contribution in [2.24, 2.45) is 5.92 Å². The smallest absolute Gasteiger partial charge is 0.129 e. The van der Waals surface area contributed by atoms with Crippen molar-refractivity contribution in [2.45, 2.75) is 19.8 Å². The van der Waals surface area contributed by atoms with Crippen LogP contribution in [0.1, 0.15) is 18.5 Å². The molecule has 1 aliphatic heterocycles. The van der Waals surface area contributed by atoms with Gasteiger partial charge in [-0.1, -0.05) is 11.6 Å². The van der Waals surface area contributed by atoms with E-state index in [2.05, 4.69) is 22.2 Å². The van der Waals surface area contributed by atoms with E-state index in [1.54, 1.807) is 0 Å². The van der Waals surface area contributed by atoms with Crippen molar-refractivity contribution in [3.8, 4) is 0 Å². The fourth-order valence-electron chi connectivity index (χ4n) is 2.24. The van der Waals surface area contributed by atoms with Gasteiger partial charge in [-0.2, -0.15) is 0 Å². The molecule has 0 radical (unpaired) electrons. The highest BCUT2D eigenvalue weighted by atomic mass is 35.5. The summed E-state index contributed by atoms with van der Waals surface area (Å²) in [6.45, 7) is 5.45. The quantitative estimate of drug-likeness (QED) is 0.840. The minimum absolute atomic E-state index is 0.562. The molecule has 0 aliphatic carbocycles. The molecule has 17 heavy (non-hydrogen) atoms. The molecule has 0 spiro atoms. The number of nitrogens with zero attached hydrogens (tertiary/aromatic N) is 2. The first-order valence-electron chi connectivity index (χ1n) is 6.20. The summed E-state index contributed by atoms with van der Waals surface area (Å²) in [6, 6.07) is 3.85. The van der Waals surface area contributed by atoms with Gasteiger partial charge < -0.3 is 10.2 Å². The Morgan fingerprint density at radius 1 is 1.41 bits per heavy atom. The highest BCUT2D eigenvalue weighted by Gasteiger charge is 2.16. The van der Waals surface area contributed by atoms with Crippen molar-refractivity contribution in [3.05, 3.63) is 23.0 Å². The number of hydrogen-bond acceptors (Lipinski definition) is 3. The lowest BCUT2D eigenvalue weighted by molar-refractivity contribution is 0.226. The summed E-state index contributed by atoms with van der Waals surface area (Å²) in [5, 5.41) is 4.05. The van der Waals surface area contributed by atoms with Gasteiger partial charge in [0.15, 0.2) is 0 Å². The monoisotopic (exact) mass is 253 g/mol. The van der Waals surface area contributed by atoms with E-state index < -0.39 is 0 Å². The number of hydrogen-bond donors (Lipinski definition) is 1. The summed E-state index contributed by atoms with van der Waals surface area (Å²) >= 11 is 5.84. The number of nitrogens with one attached hydrogen (secondary N) is 1. The Morgan fingerprint density at radius 3 is 2.76 bits per heavy atom. The summed E-state index contributed by atoms with van der Waals surface area (Å²) < 4.78 is 0. The van der Waals surface area contributed by atoms with E-state index in [-0.39, 0.29) is 0 Å². The first kappa shape index (κ1) is 12.7. The first-order chi connectivity index (χ1) is 8.15. The van der Waals surface area contributed by atoms with Crippen LogP contribution in [0, 0.1) is 12.8 Å². The Labute approximate surface area is 108 Å². The van der Waals surface area contributed by atoms with E-state index in [1.165, 1.54) is 25.9 Å². The van der Waals surface area contributed by atoms with E-state index in [9.17, 15) is 0 Å². The van der Waals surface area contributed by atoms with Gasteiger partial charge in [-0.05, 0) is 58.0 Å². The fraction of sp³-hybridized carbons (Fsp3) is 0.615. The van der Waals surface area contributed by atoms with Crippen LogP contribution in [0.5, 0.6) is 0 Å². The molecule has 1 aromatic heterocycles. The normalized spacial score (nSPS) is 18.3. The van der Waals surface area contributed by atoms with Gasteiger partial charge in [0.25, 0.3) is 0 Å². The third kappa shape index (κ3) is 3.58. The lowest BCUT2D eigenvalue weighted by Gasteiger charge is -2.29. The predicted octanol–water partition coefficient (Wildman–Crippen LogP) is 2.80. The second-order valence-corrected chi connectivity index (χ2v) is 5.28. The summed E-state index contributed by atoms with van der Waals surface area (Å²) in [7, 11) is 2.19. The number of likely N-dealkylation sites (tertiary alicyclic amines) is 1. The number of halogens is 1. The van der Waals surface area contributed by atoms with Gasteiger partial charge >= 0.3 is 0 Å². The van der Waals surface area contributed by atoms with Gasteiger partial charge in [-0.25, -0.2) is 4.98 Å². The van der Waals surface area contributed by atoms with Crippen LogP contribution in [0.15, 0.2) is 12.1 Å². The maximum Gasteiger partial charge on any atom is 0.129 e. The number of anilines is 1. The molecule has 2 heterocycles. The van der Waals surface area contributed by atoms with Crippen LogP contribution in [0.25, 0.3) is 0 Å². The lowest BCUT2D eigenvalue weighted by atomic mass is 9.97. The highest BCUT2D eigenvalue weighted by molar-refractivity contribution is 6.29. The SMILES string of the molecule is Cc1nc(Cl)ccc1NCC1CCN(C)CC1. The van der Waals surface area contributed by atoms with Gasteiger partial charge in [0.1, 0.15) is 5.15 Å². The molecule has 0 aromatic carbocycles. The Morgan fingerprint density at radius 2 is 2.12 bits per heavy atom. The van der Waals surface area contributed by atoms with Crippen molar-refractivity contribution in [1.82, 2.24) is 9.88 Å². The van der Waals surface area contributed by atoms with E-state index in [4.69, 9.17) is 11.6 Å². The lowest BCUT2D eigenvalue weighted by Crippen LogP contribution is -2.33. The van der Waals surface area contributed by atoms with Gasteiger partial charge in [-0.15, -0.1) is 0 Å². The number of aryl methyl sites for hydroxylation is 1. The molecule has 1 aliphatic rings. The molecule has 94 valence electrons. The Bertz CT molecular complexity index is 373. The van der Waals surface area contributed by atoms with Crippen molar-refractivity contribution in [1.29, 1.82) is 0 Å². The predicted molar refractivity (Wildman–Crippen MR) is 72.7 cm³/mol. The minimum atomic E-state index is 0.562. The fourth-order valence-corrected chi connectivity index (χ4v) is 2.43. The van der Waals surface area contributed by atoms with Crippen molar-refractivity contribution in [2.75, 3.05) is 32.0 Å². The molecule has 0 atom stereocenters. The molecule has 2 rings (SSSR count). The Hall–Kier alpha value is -0.800. The van der Waals surface area contributed by atoms with Crippen LogP contribution >= 0.6 is 11.6 Å². The summed E-state index contributed by atoms with van der Waals surface area (Å²) in [4.78, 5) is 6.64. The van der Waals surface area contributed by atoms with Crippen LogP contribution in [0.2, 0.25) is 5.15 Å². The van der Waals surface area contributed by atoms with Crippen LogP contribution < -0.4 is 5.32 Å². The molecule has 3 nitrogen and oxygen atoms in total. The zero-order chi connectivity index (χ0) is 12.3. The zero-order valence-electron chi connectivity index (χ0n) is 10.5. The van der Waals surface area contributed by atoms with Crippen LogP contribution in [0.3, 0.4) is 0 Å². The standard InChI is InChI=1S/C13H20ClN3/c1-10-12(3-4-13(14)16-10)15-9-11-5-7-17(2)8-6-11/h3-4,11,15H,5-9H2,1-2H3. The molecular weight excluding hydrogens is 234 g/mol. The first-order valence-corrected chi connectivity index (χ1v) is 6.58. The van der Waals surface area contributed by atoms with Crippen LogP contribution in [0.4, 0.5) is 5.69 Å². The molecule has 0 bridgehead atoms. The van der Waals surface area contributed by atoms with Gasteiger partial charge in [0.2, 0.25) is 0 Å². The summed E-state index contributed by atoms with van der Waals surface area (Å²) in [6.07, 6.45) is 2.56. The highest BCUT2D eigenvalue weighted by Crippen LogP contribution is 2.19. The second-order valence-electron chi connectivity index (χ2n) is 4.89. The average molecular weight is 254 g/mol. The molecule has 1 saturated heterocycles. The topological polar surface area (TPSA) is 28.2 Å². The number of rotatable bonds is 3. The Kier molecular flexibility index (Phi) is 4.24. The molecule has 1 fully saturated rings. The average Bonchev–Trinajstić information content (AvgIpc) is 2.30. The van der Waals surface area contributed by atoms with E-state index >= 15 is 0 Å². The molecule has 0 amide bonds. The minimum Gasteiger partial charge on any atom is -0.383 e. The van der Waals surface area contributed by atoms with Crippen molar-refractivity contribution < 1.29 is 0 Å². The van der Waals surface area contributed by atoms with E-state index in [1.807, 2.05) is 19.1 Å². The van der Waals surface area contributed by atoms with E-state index in [0.29, 0.717) is 5.15 Å². The number of aromatic nitrogens is 1. The third-order valence-electron chi connectivity index (χ3n) is 3.47. The third-order valence-corrected chi connectivity index (χ3v) is 3.68. The second kappa shape index (κ2) is 5.69. The van der Waals surface area contributed by atoms with Crippen molar-refractivity contribution in [3.63, 3.8) is 0 Å². The summed E-state index contributed by atoms with van der Waals surface area (Å²) in [5.74, 6) is 0.779. The van der Waals surface area contributed by atoms with Crippen molar-refractivity contribution >= 4 is 17.3 Å². The summed E-state index contributed by atoms with van der Waals surface area (Å²) in [5.41, 5.74) is 2.08. The molecule has 1 aromatic rings.